The Labute approximate surface area is 126 Å². The topological polar surface area (TPSA) is 64.3 Å². The van der Waals surface area contributed by atoms with Gasteiger partial charge in [-0.1, -0.05) is 18.6 Å². The highest BCUT2D eigenvalue weighted by Gasteiger charge is 2.27. The fraction of sp³-hybridized carbons (Fsp3) is 0.533. The van der Waals surface area contributed by atoms with Crippen molar-refractivity contribution < 1.29 is 9.53 Å². The van der Waals surface area contributed by atoms with Gasteiger partial charge >= 0.3 is 0 Å². The summed E-state index contributed by atoms with van der Waals surface area (Å²) >= 11 is 0. The average molecular weight is 299 g/mol. The fourth-order valence-electron chi connectivity index (χ4n) is 2.73. The van der Waals surface area contributed by atoms with Crippen molar-refractivity contribution in [3.8, 4) is 0 Å². The average Bonchev–Trinajstić information content (AvgIpc) is 2.86. The number of hydrogen-bond donors (Lipinski definition) is 2. The highest BCUT2D eigenvalue weighted by atomic mass is 35.5. The van der Waals surface area contributed by atoms with Crippen molar-refractivity contribution >= 4 is 18.3 Å². The van der Waals surface area contributed by atoms with Gasteiger partial charge in [-0.3, -0.25) is 4.79 Å². The Hall–Kier alpha value is -1.10. The normalized spacial score (nSPS) is 21.3. The van der Waals surface area contributed by atoms with Gasteiger partial charge in [-0.05, 0) is 43.0 Å². The van der Waals surface area contributed by atoms with E-state index < -0.39 is 0 Å². The van der Waals surface area contributed by atoms with Crippen molar-refractivity contribution in [1.29, 1.82) is 0 Å². The number of amides is 1. The molecule has 0 saturated heterocycles. The van der Waals surface area contributed by atoms with Crippen LogP contribution in [0.2, 0.25) is 0 Å². The predicted molar refractivity (Wildman–Crippen MR) is 82.1 cm³/mol. The van der Waals surface area contributed by atoms with Gasteiger partial charge < -0.3 is 15.8 Å². The summed E-state index contributed by atoms with van der Waals surface area (Å²) in [5.41, 5.74) is 7.44. The van der Waals surface area contributed by atoms with Crippen LogP contribution in [-0.2, 0) is 11.3 Å². The molecule has 20 heavy (non-hydrogen) atoms. The van der Waals surface area contributed by atoms with Crippen LogP contribution in [0.1, 0.15) is 35.2 Å². The largest absolute Gasteiger partial charge is 0.380 e. The summed E-state index contributed by atoms with van der Waals surface area (Å²) in [6, 6.07) is 7.78. The summed E-state index contributed by atoms with van der Waals surface area (Å²) in [7, 11) is 1.65. The molecule has 1 aromatic carbocycles. The van der Waals surface area contributed by atoms with Crippen molar-refractivity contribution in [2.75, 3.05) is 13.7 Å². The standard InChI is InChI=1S/C15H22N2O2.ClH/c1-19-10-11-4-2-5-12(8-11)15(18)17-14-7-3-6-13(14)9-16;/h2,4-5,8,13-14H,3,6-7,9-10,16H2,1H3,(H,17,18);1H. The van der Waals surface area contributed by atoms with Gasteiger partial charge in [-0.25, -0.2) is 0 Å². The second-order valence-corrected chi connectivity index (χ2v) is 5.14. The molecule has 5 heteroatoms. The third-order valence-electron chi connectivity index (χ3n) is 3.78. The maximum Gasteiger partial charge on any atom is 0.251 e. The van der Waals surface area contributed by atoms with E-state index in [0.717, 1.165) is 24.8 Å². The Morgan fingerprint density at radius 2 is 2.25 bits per heavy atom. The van der Waals surface area contributed by atoms with Crippen LogP contribution in [0.15, 0.2) is 24.3 Å². The minimum atomic E-state index is -0.0108. The highest BCUT2D eigenvalue weighted by molar-refractivity contribution is 5.94. The Bertz CT molecular complexity index is 440. The lowest BCUT2D eigenvalue weighted by Crippen LogP contribution is -2.39. The molecule has 0 radical (unpaired) electrons. The van der Waals surface area contributed by atoms with Crippen LogP contribution < -0.4 is 11.1 Å². The summed E-state index contributed by atoms with van der Waals surface area (Å²) in [5.74, 6) is 0.411. The molecule has 2 unspecified atom stereocenters. The first kappa shape index (κ1) is 17.0. The second kappa shape index (κ2) is 8.25. The van der Waals surface area contributed by atoms with Gasteiger partial charge in [0.25, 0.3) is 5.91 Å². The Morgan fingerprint density at radius 1 is 1.45 bits per heavy atom. The maximum absolute atomic E-state index is 12.2. The van der Waals surface area contributed by atoms with Crippen LogP contribution in [0.5, 0.6) is 0 Å². The van der Waals surface area contributed by atoms with Gasteiger partial charge in [0.2, 0.25) is 0 Å². The molecule has 1 aromatic rings. The zero-order valence-electron chi connectivity index (χ0n) is 11.8. The zero-order valence-corrected chi connectivity index (χ0v) is 12.6. The lowest BCUT2D eigenvalue weighted by molar-refractivity contribution is 0.0928. The lowest BCUT2D eigenvalue weighted by Gasteiger charge is -2.19. The summed E-state index contributed by atoms with van der Waals surface area (Å²) < 4.78 is 5.08. The number of carbonyl (C=O) groups is 1. The van der Waals surface area contributed by atoms with Crippen molar-refractivity contribution in [3.63, 3.8) is 0 Å². The molecule has 2 atom stereocenters. The smallest absolute Gasteiger partial charge is 0.251 e. The number of hydrogen-bond acceptors (Lipinski definition) is 3. The van der Waals surface area contributed by atoms with E-state index in [4.69, 9.17) is 10.5 Å². The molecule has 3 N–H and O–H groups in total. The number of methoxy groups -OCH3 is 1. The van der Waals surface area contributed by atoms with E-state index >= 15 is 0 Å². The van der Waals surface area contributed by atoms with Gasteiger partial charge in [0.15, 0.2) is 0 Å². The SMILES string of the molecule is COCc1cccc(C(=O)NC2CCCC2CN)c1.Cl. The number of benzene rings is 1. The molecule has 0 aliphatic heterocycles. The quantitative estimate of drug-likeness (QED) is 0.875. The first-order valence-corrected chi connectivity index (χ1v) is 6.83. The second-order valence-electron chi connectivity index (χ2n) is 5.14. The van der Waals surface area contributed by atoms with E-state index in [1.54, 1.807) is 7.11 Å². The third-order valence-corrected chi connectivity index (χ3v) is 3.78. The molecule has 0 spiro atoms. The van der Waals surface area contributed by atoms with E-state index in [0.29, 0.717) is 24.6 Å². The van der Waals surface area contributed by atoms with Crippen LogP contribution in [-0.4, -0.2) is 25.6 Å². The summed E-state index contributed by atoms with van der Waals surface area (Å²) in [5, 5.41) is 3.11. The van der Waals surface area contributed by atoms with Crippen molar-refractivity contribution in [2.24, 2.45) is 11.7 Å². The monoisotopic (exact) mass is 298 g/mol. The molecule has 4 nitrogen and oxygen atoms in total. The molecule has 2 rings (SSSR count). The van der Waals surface area contributed by atoms with E-state index in [-0.39, 0.29) is 24.4 Å². The predicted octanol–water partition coefficient (Wildman–Crippen LogP) is 2.11. The molecule has 1 aliphatic carbocycles. The Kier molecular flexibility index (Phi) is 6.99. The number of rotatable bonds is 5. The molecule has 1 fully saturated rings. The van der Waals surface area contributed by atoms with Gasteiger partial charge in [0.1, 0.15) is 0 Å². The van der Waals surface area contributed by atoms with Crippen LogP contribution in [0.4, 0.5) is 0 Å². The molecular formula is C15H23ClN2O2. The molecule has 1 saturated carbocycles. The molecule has 1 amide bonds. The number of halogens is 1. The number of nitrogens with two attached hydrogens (primary N) is 1. The fourth-order valence-corrected chi connectivity index (χ4v) is 2.73. The third kappa shape index (κ3) is 4.20. The number of ether oxygens (including phenoxy) is 1. The Balaban J connectivity index is 0.00000200. The number of carbonyl (C=O) groups excluding carboxylic acids is 1. The molecule has 0 aromatic heterocycles. The van der Waals surface area contributed by atoms with Gasteiger partial charge in [0.05, 0.1) is 6.61 Å². The van der Waals surface area contributed by atoms with Crippen molar-refractivity contribution in [2.45, 2.75) is 31.9 Å². The van der Waals surface area contributed by atoms with Crippen LogP contribution in [0.25, 0.3) is 0 Å². The minimum absolute atomic E-state index is 0. The first-order valence-electron chi connectivity index (χ1n) is 6.83. The van der Waals surface area contributed by atoms with Crippen molar-refractivity contribution in [1.82, 2.24) is 5.32 Å². The lowest BCUT2D eigenvalue weighted by atomic mass is 10.0. The molecular weight excluding hydrogens is 276 g/mol. The molecule has 112 valence electrons. The minimum Gasteiger partial charge on any atom is -0.380 e. The summed E-state index contributed by atoms with van der Waals surface area (Å²) in [4.78, 5) is 12.2. The van der Waals surface area contributed by atoms with E-state index in [1.165, 1.54) is 0 Å². The van der Waals surface area contributed by atoms with Crippen LogP contribution in [0.3, 0.4) is 0 Å². The summed E-state index contributed by atoms with van der Waals surface area (Å²) in [6.07, 6.45) is 3.30. The highest BCUT2D eigenvalue weighted by Crippen LogP contribution is 2.24. The molecule has 0 bridgehead atoms. The van der Waals surface area contributed by atoms with Crippen molar-refractivity contribution in [3.05, 3.63) is 35.4 Å². The van der Waals surface area contributed by atoms with Crippen LogP contribution >= 0.6 is 12.4 Å². The Morgan fingerprint density at radius 3 is 2.95 bits per heavy atom. The van der Waals surface area contributed by atoms with Gasteiger partial charge in [-0.2, -0.15) is 0 Å². The van der Waals surface area contributed by atoms with E-state index in [9.17, 15) is 4.79 Å². The molecule has 1 aliphatic rings. The maximum atomic E-state index is 12.2. The van der Waals surface area contributed by atoms with Gasteiger partial charge in [-0.15, -0.1) is 12.4 Å². The van der Waals surface area contributed by atoms with Crippen LogP contribution in [0, 0.1) is 5.92 Å². The first-order chi connectivity index (χ1) is 9.24. The zero-order chi connectivity index (χ0) is 13.7. The van der Waals surface area contributed by atoms with E-state index in [2.05, 4.69) is 5.32 Å². The summed E-state index contributed by atoms with van der Waals surface area (Å²) in [6.45, 7) is 1.17. The van der Waals surface area contributed by atoms with Gasteiger partial charge in [0, 0.05) is 18.7 Å². The molecule has 0 heterocycles. The number of nitrogens with one attached hydrogen (secondary N) is 1. The van der Waals surface area contributed by atoms with E-state index in [1.807, 2.05) is 24.3 Å².